The second-order valence-corrected chi connectivity index (χ2v) is 5.36. The Balaban J connectivity index is 2.20. The molecule has 2 aromatic heterocycles. The van der Waals surface area contributed by atoms with Crippen molar-refractivity contribution in [1.82, 2.24) is 15.0 Å². The van der Waals surface area contributed by atoms with Gasteiger partial charge in [-0.2, -0.15) is 0 Å². The zero-order valence-electron chi connectivity index (χ0n) is 11.0. The molecule has 19 heavy (non-hydrogen) atoms. The van der Waals surface area contributed by atoms with Crippen molar-refractivity contribution in [3.63, 3.8) is 0 Å². The first-order valence-corrected chi connectivity index (χ1v) is 6.29. The summed E-state index contributed by atoms with van der Waals surface area (Å²) in [7, 11) is 0. The lowest BCUT2D eigenvalue weighted by atomic mass is 10.1. The fourth-order valence-electron chi connectivity index (χ4n) is 2.52. The van der Waals surface area contributed by atoms with E-state index in [1.807, 2.05) is 4.90 Å². The zero-order valence-corrected chi connectivity index (χ0v) is 11.0. The van der Waals surface area contributed by atoms with E-state index >= 15 is 0 Å². The average molecular weight is 260 g/mol. The molecule has 1 unspecified atom stereocenters. The Labute approximate surface area is 110 Å². The Hall–Kier alpha value is -1.95. The molecule has 3 heterocycles. The van der Waals surface area contributed by atoms with Crippen LogP contribution in [0.3, 0.4) is 0 Å². The van der Waals surface area contributed by atoms with Crippen LogP contribution in [0.25, 0.3) is 10.9 Å². The summed E-state index contributed by atoms with van der Waals surface area (Å²) in [5, 5.41) is 10.9. The number of anilines is 1. The molecule has 1 saturated heterocycles. The van der Waals surface area contributed by atoms with Crippen molar-refractivity contribution in [2.75, 3.05) is 18.0 Å². The summed E-state index contributed by atoms with van der Waals surface area (Å²) in [6.45, 7) is 4.67. The lowest BCUT2D eigenvalue weighted by Crippen LogP contribution is -2.32. The number of aryl methyl sites for hydroxylation is 1. The van der Waals surface area contributed by atoms with Crippen LogP contribution in [0.2, 0.25) is 0 Å². The quantitative estimate of drug-likeness (QED) is 0.784. The molecule has 2 aromatic rings. The second kappa shape index (κ2) is 4.03. The summed E-state index contributed by atoms with van der Waals surface area (Å²) in [6.07, 6.45) is 3.97. The van der Waals surface area contributed by atoms with E-state index in [1.165, 1.54) is 0 Å². The molecule has 6 nitrogen and oxygen atoms in total. The molecular weight excluding hydrogens is 244 g/mol. The van der Waals surface area contributed by atoms with Gasteiger partial charge < -0.3 is 15.0 Å². The third kappa shape index (κ3) is 2.08. The summed E-state index contributed by atoms with van der Waals surface area (Å²) in [5.41, 5.74) is 0.245. The highest BCUT2D eigenvalue weighted by Gasteiger charge is 2.33. The molecule has 0 aromatic carbocycles. The number of fused-ring (bicyclic) bond motifs is 1. The third-order valence-electron chi connectivity index (χ3n) is 3.50. The van der Waals surface area contributed by atoms with Gasteiger partial charge in [0.1, 0.15) is 17.0 Å². The van der Waals surface area contributed by atoms with Gasteiger partial charge in [0.25, 0.3) is 5.56 Å². The fourth-order valence-corrected chi connectivity index (χ4v) is 2.52. The number of nitrogens with one attached hydrogen (secondary N) is 1. The van der Waals surface area contributed by atoms with Gasteiger partial charge in [-0.25, -0.2) is 9.97 Å². The molecule has 6 heteroatoms. The lowest BCUT2D eigenvalue weighted by molar-refractivity contribution is 0.0839. The third-order valence-corrected chi connectivity index (χ3v) is 3.50. The van der Waals surface area contributed by atoms with Crippen LogP contribution in [-0.4, -0.2) is 38.7 Å². The van der Waals surface area contributed by atoms with E-state index in [0.29, 0.717) is 36.5 Å². The van der Waals surface area contributed by atoms with Crippen LogP contribution < -0.4 is 10.5 Å². The number of pyridine rings is 1. The molecule has 1 aliphatic heterocycles. The van der Waals surface area contributed by atoms with Gasteiger partial charge in [-0.3, -0.25) is 4.79 Å². The highest BCUT2D eigenvalue weighted by atomic mass is 16.3. The Morgan fingerprint density at radius 2 is 2.32 bits per heavy atom. The zero-order chi connectivity index (χ0) is 13.6. The van der Waals surface area contributed by atoms with Gasteiger partial charge in [0.05, 0.1) is 5.60 Å². The first-order chi connectivity index (χ1) is 8.96. The SMILES string of the molecule is Cc1ncc2c[nH]c(=O)c(N3CCC(C)(O)C3)c2n1. The molecule has 3 rings (SSSR count). The molecule has 0 aliphatic carbocycles. The average Bonchev–Trinajstić information content (AvgIpc) is 2.69. The minimum atomic E-state index is -0.753. The number of nitrogens with zero attached hydrogens (tertiary/aromatic N) is 3. The van der Waals surface area contributed by atoms with Crippen molar-refractivity contribution < 1.29 is 5.11 Å². The van der Waals surface area contributed by atoms with Crippen molar-refractivity contribution in [2.24, 2.45) is 0 Å². The molecule has 0 saturated carbocycles. The maximum absolute atomic E-state index is 12.1. The highest BCUT2D eigenvalue weighted by Crippen LogP contribution is 2.27. The number of rotatable bonds is 1. The molecule has 1 aliphatic rings. The maximum atomic E-state index is 12.1. The van der Waals surface area contributed by atoms with E-state index in [9.17, 15) is 9.90 Å². The first-order valence-electron chi connectivity index (χ1n) is 6.29. The van der Waals surface area contributed by atoms with Crippen LogP contribution >= 0.6 is 0 Å². The number of aliphatic hydroxyl groups is 1. The standard InChI is InChI=1S/C13H16N4O2/c1-8-14-5-9-6-15-12(18)11(10(9)16-8)17-4-3-13(2,19)7-17/h5-6,19H,3-4,7H2,1-2H3,(H,15,18). The topological polar surface area (TPSA) is 82.1 Å². The van der Waals surface area contributed by atoms with Crippen molar-refractivity contribution in [3.05, 3.63) is 28.6 Å². The Morgan fingerprint density at radius 1 is 1.53 bits per heavy atom. The van der Waals surface area contributed by atoms with Crippen LogP contribution in [0.4, 0.5) is 5.69 Å². The number of aromatic amines is 1. The van der Waals surface area contributed by atoms with Crippen molar-refractivity contribution in [2.45, 2.75) is 25.9 Å². The molecule has 1 atom stereocenters. The van der Waals surface area contributed by atoms with Gasteiger partial charge >= 0.3 is 0 Å². The molecule has 2 N–H and O–H groups in total. The number of H-pyrrole nitrogens is 1. The van der Waals surface area contributed by atoms with E-state index in [2.05, 4.69) is 15.0 Å². The molecular formula is C13H16N4O2. The van der Waals surface area contributed by atoms with Crippen LogP contribution in [0, 0.1) is 6.92 Å². The second-order valence-electron chi connectivity index (χ2n) is 5.36. The number of aromatic nitrogens is 3. The summed E-state index contributed by atoms with van der Waals surface area (Å²) < 4.78 is 0. The highest BCUT2D eigenvalue weighted by molar-refractivity contribution is 5.89. The van der Waals surface area contributed by atoms with E-state index < -0.39 is 5.60 Å². The number of hydrogen-bond donors (Lipinski definition) is 2. The monoisotopic (exact) mass is 260 g/mol. The van der Waals surface area contributed by atoms with Crippen LogP contribution in [0.5, 0.6) is 0 Å². The van der Waals surface area contributed by atoms with Gasteiger partial charge in [-0.05, 0) is 20.3 Å². The fraction of sp³-hybridized carbons (Fsp3) is 0.462. The van der Waals surface area contributed by atoms with Crippen molar-refractivity contribution in [3.8, 4) is 0 Å². The summed E-state index contributed by atoms with van der Waals surface area (Å²) >= 11 is 0. The van der Waals surface area contributed by atoms with Gasteiger partial charge in [-0.15, -0.1) is 0 Å². The van der Waals surface area contributed by atoms with Gasteiger partial charge in [0.15, 0.2) is 0 Å². The normalized spacial score (nSPS) is 23.2. The van der Waals surface area contributed by atoms with Crippen molar-refractivity contribution in [1.29, 1.82) is 0 Å². The minimum Gasteiger partial charge on any atom is -0.388 e. The van der Waals surface area contributed by atoms with E-state index in [-0.39, 0.29) is 5.56 Å². The first kappa shape index (κ1) is 12.1. The predicted molar refractivity (Wildman–Crippen MR) is 72.3 cm³/mol. The van der Waals surface area contributed by atoms with Crippen LogP contribution in [0.15, 0.2) is 17.2 Å². The largest absolute Gasteiger partial charge is 0.388 e. The van der Waals surface area contributed by atoms with Gasteiger partial charge in [-0.1, -0.05) is 0 Å². The molecule has 0 radical (unpaired) electrons. The van der Waals surface area contributed by atoms with Crippen molar-refractivity contribution >= 4 is 16.6 Å². The minimum absolute atomic E-state index is 0.177. The van der Waals surface area contributed by atoms with E-state index in [0.717, 1.165) is 5.39 Å². The summed E-state index contributed by atoms with van der Waals surface area (Å²) in [6, 6.07) is 0. The molecule has 0 amide bonds. The number of hydrogen-bond acceptors (Lipinski definition) is 5. The van der Waals surface area contributed by atoms with E-state index in [4.69, 9.17) is 0 Å². The van der Waals surface area contributed by atoms with Crippen LogP contribution in [0.1, 0.15) is 19.2 Å². The number of β-amino-alcohol motifs (C(OH)–C–C–N with tert-alkyl or cyclic N) is 1. The Morgan fingerprint density at radius 3 is 3.00 bits per heavy atom. The van der Waals surface area contributed by atoms with Crippen LogP contribution in [-0.2, 0) is 0 Å². The molecule has 0 spiro atoms. The Bertz CT molecular complexity index is 693. The molecule has 1 fully saturated rings. The Kier molecular flexibility index (Phi) is 2.56. The molecule has 100 valence electrons. The van der Waals surface area contributed by atoms with E-state index in [1.54, 1.807) is 26.2 Å². The summed E-state index contributed by atoms with van der Waals surface area (Å²) in [5.74, 6) is 0.630. The maximum Gasteiger partial charge on any atom is 0.273 e. The molecule has 0 bridgehead atoms. The lowest BCUT2D eigenvalue weighted by Gasteiger charge is -2.20. The van der Waals surface area contributed by atoms with Gasteiger partial charge in [0.2, 0.25) is 0 Å². The van der Waals surface area contributed by atoms with Gasteiger partial charge in [0, 0.05) is 30.9 Å². The smallest absolute Gasteiger partial charge is 0.273 e. The predicted octanol–water partition coefficient (Wildman–Crippen LogP) is 0.588. The summed E-state index contributed by atoms with van der Waals surface area (Å²) in [4.78, 5) is 25.2.